The molecular weight excluding hydrogens is 360 g/mol. The molecule has 4 heteroatoms. The molecule has 0 aromatic heterocycles. The van der Waals surface area contributed by atoms with Crippen LogP contribution in [0.4, 0.5) is 0 Å². The van der Waals surface area contributed by atoms with Crippen LogP contribution in [0.3, 0.4) is 0 Å². The van der Waals surface area contributed by atoms with E-state index in [0.717, 1.165) is 43.3 Å². The van der Waals surface area contributed by atoms with Gasteiger partial charge in [-0.25, -0.2) is 0 Å². The summed E-state index contributed by atoms with van der Waals surface area (Å²) < 4.78 is 5.65. The maximum Gasteiger partial charge on any atom is 0.124 e. The van der Waals surface area contributed by atoms with Crippen LogP contribution in [0.2, 0.25) is 0 Å². The summed E-state index contributed by atoms with van der Waals surface area (Å²) >= 11 is 0. The third kappa shape index (κ3) is 6.84. The maximum atomic E-state index is 9.75. The van der Waals surface area contributed by atoms with Gasteiger partial charge >= 0.3 is 0 Å². The van der Waals surface area contributed by atoms with E-state index in [1.807, 2.05) is 13.0 Å². The van der Waals surface area contributed by atoms with E-state index in [0.29, 0.717) is 6.61 Å². The molecule has 0 unspecified atom stereocenters. The Hall–Kier alpha value is -1.88. The van der Waals surface area contributed by atoms with Gasteiger partial charge in [-0.05, 0) is 69.0 Å². The Morgan fingerprint density at radius 1 is 1.14 bits per heavy atom. The smallest absolute Gasteiger partial charge is 0.124 e. The predicted molar refractivity (Wildman–Crippen MR) is 119 cm³/mol. The fourth-order valence-electron chi connectivity index (χ4n) is 4.36. The fraction of sp³-hybridized carbons (Fsp3) is 0.520. The molecule has 1 saturated heterocycles. The molecule has 0 bridgehead atoms. The molecule has 4 nitrogen and oxygen atoms in total. The van der Waals surface area contributed by atoms with Crippen molar-refractivity contribution in [2.75, 3.05) is 39.8 Å². The van der Waals surface area contributed by atoms with Crippen LogP contribution < -0.4 is 4.74 Å². The molecule has 2 aromatic carbocycles. The number of hydrogen-bond acceptors (Lipinski definition) is 4. The van der Waals surface area contributed by atoms with Gasteiger partial charge in [0.25, 0.3) is 0 Å². The van der Waals surface area contributed by atoms with E-state index in [9.17, 15) is 5.11 Å². The molecule has 1 fully saturated rings. The summed E-state index contributed by atoms with van der Waals surface area (Å²) in [6.45, 7) is 8.09. The highest BCUT2D eigenvalue weighted by atomic mass is 16.5. The van der Waals surface area contributed by atoms with Gasteiger partial charge in [0.15, 0.2) is 0 Å². The van der Waals surface area contributed by atoms with Crippen molar-refractivity contribution in [1.82, 2.24) is 9.80 Å². The monoisotopic (exact) mass is 396 g/mol. The number of piperidine rings is 1. The van der Waals surface area contributed by atoms with E-state index in [-0.39, 0.29) is 6.61 Å². The molecule has 1 aliphatic heterocycles. The topological polar surface area (TPSA) is 35.9 Å². The Morgan fingerprint density at radius 3 is 2.69 bits per heavy atom. The van der Waals surface area contributed by atoms with Crippen molar-refractivity contribution in [3.63, 3.8) is 0 Å². The molecular formula is C25H36N2O2. The second kappa shape index (κ2) is 11.3. The van der Waals surface area contributed by atoms with Crippen LogP contribution >= 0.6 is 0 Å². The van der Waals surface area contributed by atoms with Crippen LogP contribution in [-0.2, 0) is 19.6 Å². The summed E-state index contributed by atoms with van der Waals surface area (Å²) in [7, 11) is 2.24. The van der Waals surface area contributed by atoms with Gasteiger partial charge in [0, 0.05) is 31.7 Å². The molecule has 1 N–H and O–H groups in total. The highest BCUT2D eigenvalue weighted by molar-refractivity contribution is 5.37. The number of ether oxygens (including phenoxy) is 1. The average Bonchev–Trinajstić information content (AvgIpc) is 2.74. The first-order chi connectivity index (χ1) is 14.2. The molecule has 1 heterocycles. The maximum absolute atomic E-state index is 9.75. The average molecular weight is 397 g/mol. The molecule has 3 rings (SSSR count). The Bertz CT molecular complexity index is 735. The van der Waals surface area contributed by atoms with Gasteiger partial charge < -0.3 is 14.7 Å². The van der Waals surface area contributed by atoms with Crippen LogP contribution in [0.25, 0.3) is 0 Å². The van der Waals surface area contributed by atoms with E-state index in [2.05, 4.69) is 59.3 Å². The first kappa shape index (κ1) is 21.8. The number of likely N-dealkylation sites (tertiary alicyclic amines) is 1. The van der Waals surface area contributed by atoms with E-state index >= 15 is 0 Å². The van der Waals surface area contributed by atoms with Crippen molar-refractivity contribution >= 4 is 0 Å². The predicted octanol–water partition coefficient (Wildman–Crippen LogP) is 3.96. The molecule has 0 aliphatic carbocycles. The van der Waals surface area contributed by atoms with Gasteiger partial charge in [0.05, 0.1) is 13.2 Å². The molecule has 1 aliphatic rings. The van der Waals surface area contributed by atoms with Crippen LogP contribution in [0.5, 0.6) is 5.75 Å². The minimum atomic E-state index is 0.0145. The molecule has 0 radical (unpaired) electrons. The van der Waals surface area contributed by atoms with Gasteiger partial charge in [0.1, 0.15) is 5.75 Å². The number of rotatable bonds is 10. The Kier molecular flexibility index (Phi) is 8.53. The molecule has 0 spiro atoms. The number of aliphatic hydroxyl groups is 1. The SMILES string of the molecule is CCOc1ccc(CN(CCc2ccccc2)C[C@H]2CCCN(C)C2)cc1CO. The number of benzene rings is 2. The van der Waals surface area contributed by atoms with Crippen LogP contribution in [-0.4, -0.2) is 54.7 Å². The van der Waals surface area contributed by atoms with Crippen molar-refractivity contribution in [1.29, 1.82) is 0 Å². The minimum absolute atomic E-state index is 0.0145. The normalized spacial score (nSPS) is 17.6. The summed E-state index contributed by atoms with van der Waals surface area (Å²) in [6, 6.07) is 17.0. The van der Waals surface area contributed by atoms with E-state index in [4.69, 9.17) is 4.74 Å². The number of aliphatic hydroxyl groups excluding tert-OH is 1. The molecule has 2 aromatic rings. The van der Waals surface area contributed by atoms with Crippen molar-refractivity contribution < 1.29 is 9.84 Å². The van der Waals surface area contributed by atoms with Crippen molar-refractivity contribution in [2.45, 2.75) is 39.3 Å². The van der Waals surface area contributed by atoms with Crippen molar-refractivity contribution in [2.24, 2.45) is 5.92 Å². The van der Waals surface area contributed by atoms with Crippen molar-refractivity contribution in [3.8, 4) is 5.75 Å². The van der Waals surface area contributed by atoms with Gasteiger partial charge in [0.2, 0.25) is 0 Å². The van der Waals surface area contributed by atoms with Crippen molar-refractivity contribution in [3.05, 3.63) is 65.2 Å². The second-order valence-electron chi connectivity index (χ2n) is 8.27. The summed E-state index contributed by atoms with van der Waals surface area (Å²) in [5.41, 5.74) is 3.51. The molecule has 158 valence electrons. The van der Waals surface area contributed by atoms with E-state index in [1.54, 1.807) is 0 Å². The van der Waals surface area contributed by atoms with Gasteiger partial charge in [-0.3, -0.25) is 4.90 Å². The largest absolute Gasteiger partial charge is 0.494 e. The zero-order chi connectivity index (χ0) is 20.5. The first-order valence-corrected chi connectivity index (χ1v) is 11.0. The molecule has 29 heavy (non-hydrogen) atoms. The summed E-state index contributed by atoms with van der Waals surface area (Å²) in [5.74, 6) is 1.52. The highest BCUT2D eigenvalue weighted by Gasteiger charge is 2.20. The lowest BCUT2D eigenvalue weighted by molar-refractivity contribution is 0.148. The van der Waals surface area contributed by atoms with Crippen LogP contribution in [0, 0.1) is 5.92 Å². The Balaban J connectivity index is 1.69. The highest BCUT2D eigenvalue weighted by Crippen LogP contribution is 2.23. The Morgan fingerprint density at radius 2 is 1.97 bits per heavy atom. The molecule has 0 saturated carbocycles. The van der Waals surface area contributed by atoms with Crippen LogP contribution in [0.15, 0.2) is 48.5 Å². The third-order valence-electron chi connectivity index (χ3n) is 5.80. The van der Waals surface area contributed by atoms with Gasteiger partial charge in [-0.15, -0.1) is 0 Å². The first-order valence-electron chi connectivity index (χ1n) is 11.0. The molecule has 0 amide bonds. The summed E-state index contributed by atoms with van der Waals surface area (Å²) in [6.07, 6.45) is 3.68. The van der Waals surface area contributed by atoms with Gasteiger partial charge in [-0.2, -0.15) is 0 Å². The van der Waals surface area contributed by atoms with Gasteiger partial charge in [-0.1, -0.05) is 36.4 Å². The standard InChI is InChI=1S/C25H36N2O2/c1-3-29-25-12-11-22(16-24(25)20-28)18-27(15-13-21-8-5-4-6-9-21)19-23-10-7-14-26(2)17-23/h4-6,8-9,11-12,16,23,28H,3,7,10,13-15,17-20H2,1-2H3/t23-/m0/s1. The lowest BCUT2D eigenvalue weighted by atomic mass is 9.97. The Labute approximate surface area is 176 Å². The third-order valence-corrected chi connectivity index (χ3v) is 5.80. The summed E-state index contributed by atoms with van der Waals surface area (Å²) in [5, 5.41) is 9.75. The zero-order valence-electron chi connectivity index (χ0n) is 18.0. The lowest BCUT2D eigenvalue weighted by Crippen LogP contribution is -2.39. The number of hydrogen-bond donors (Lipinski definition) is 1. The second-order valence-corrected chi connectivity index (χ2v) is 8.27. The number of nitrogens with zero attached hydrogens (tertiary/aromatic N) is 2. The quantitative estimate of drug-likeness (QED) is 0.659. The lowest BCUT2D eigenvalue weighted by Gasteiger charge is -2.34. The van der Waals surface area contributed by atoms with Crippen LogP contribution in [0.1, 0.15) is 36.5 Å². The zero-order valence-corrected chi connectivity index (χ0v) is 18.0. The van der Waals surface area contributed by atoms with E-state index < -0.39 is 0 Å². The fourth-order valence-corrected chi connectivity index (χ4v) is 4.36. The molecule has 1 atom stereocenters. The summed E-state index contributed by atoms with van der Waals surface area (Å²) in [4.78, 5) is 5.05. The minimum Gasteiger partial charge on any atom is -0.494 e. The van der Waals surface area contributed by atoms with E-state index in [1.165, 1.54) is 37.1 Å².